The molecule has 0 radical (unpaired) electrons. The van der Waals surface area contributed by atoms with Crippen molar-refractivity contribution in [3.8, 4) is 0 Å². The number of hydrogen-bond acceptors (Lipinski definition) is 4. The first-order valence-electron chi connectivity index (χ1n) is 6.19. The zero-order valence-corrected chi connectivity index (χ0v) is 10.8. The molecule has 0 aromatic carbocycles. The van der Waals surface area contributed by atoms with E-state index in [9.17, 15) is 0 Å². The maximum Gasteiger partial charge on any atom is 0.128 e. The van der Waals surface area contributed by atoms with Crippen molar-refractivity contribution in [2.24, 2.45) is 0 Å². The molecule has 4 heteroatoms. The van der Waals surface area contributed by atoms with E-state index >= 15 is 0 Å². The molecule has 0 amide bonds. The summed E-state index contributed by atoms with van der Waals surface area (Å²) in [5.41, 5.74) is 1.21. The van der Waals surface area contributed by atoms with Gasteiger partial charge in [-0.1, -0.05) is 6.07 Å². The number of pyridine rings is 1. The summed E-state index contributed by atoms with van der Waals surface area (Å²) in [6.45, 7) is 6.92. The van der Waals surface area contributed by atoms with Crippen LogP contribution in [0.2, 0.25) is 0 Å². The second-order valence-electron chi connectivity index (χ2n) is 4.72. The highest BCUT2D eigenvalue weighted by Gasteiger charge is 2.22. The van der Waals surface area contributed by atoms with Gasteiger partial charge in [0.2, 0.25) is 0 Å². The molecule has 2 unspecified atom stereocenters. The molecule has 0 spiro atoms. The lowest BCUT2D eigenvalue weighted by Gasteiger charge is -2.36. The molecule has 2 heterocycles. The SMILES string of the molecule is CNCc1ccc(N2CC(C)OC(C)C2)nc1. The van der Waals surface area contributed by atoms with Gasteiger partial charge in [0.15, 0.2) is 0 Å². The van der Waals surface area contributed by atoms with Crippen molar-refractivity contribution < 1.29 is 4.74 Å². The Morgan fingerprint density at radius 2 is 2.06 bits per heavy atom. The van der Waals surface area contributed by atoms with Crippen molar-refractivity contribution >= 4 is 5.82 Å². The summed E-state index contributed by atoms with van der Waals surface area (Å²) in [4.78, 5) is 6.81. The van der Waals surface area contributed by atoms with Crippen LogP contribution in [0.3, 0.4) is 0 Å². The third kappa shape index (κ3) is 3.17. The Balaban J connectivity index is 2.06. The minimum absolute atomic E-state index is 0.275. The summed E-state index contributed by atoms with van der Waals surface area (Å²) in [7, 11) is 1.94. The van der Waals surface area contributed by atoms with Crippen LogP contribution in [-0.2, 0) is 11.3 Å². The van der Waals surface area contributed by atoms with Crippen LogP contribution >= 0.6 is 0 Å². The first kappa shape index (κ1) is 12.3. The van der Waals surface area contributed by atoms with E-state index in [1.165, 1.54) is 5.56 Å². The number of aromatic nitrogens is 1. The fraction of sp³-hybridized carbons (Fsp3) is 0.615. The number of morpholine rings is 1. The first-order chi connectivity index (χ1) is 8.19. The van der Waals surface area contributed by atoms with Crippen LogP contribution in [0, 0.1) is 0 Å². The Kier molecular flexibility index (Phi) is 3.97. The molecule has 0 bridgehead atoms. The topological polar surface area (TPSA) is 37.4 Å². The van der Waals surface area contributed by atoms with Gasteiger partial charge in [0.25, 0.3) is 0 Å². The fourth-order valence-corrected chi connectivity index (χ4v) is 2.28. The van der Waals surface area contributed by atoms with E-state index in [2.05, 4.69) is 41.2 Å². The van der Waals surface area contributed by atoms with E-state index in [4.69, 9.17) is 4.74 Å². The highest BCUT2D eigenvalue weighted by Crippen LogP contribution is 2.18. The molecule has 2 rings (SSSR count). The van der Waals surface area contributed by atoms with Gasteiger partial charge < -0.3 is 15.0 Å². The second-order valence-corrected chi connectivity index (χ2v) is 4.72. The van der Waals surface area contributed by atoms with E-state index in [1.54, 1.807) is 0 Å². The van der Waals surface area contributed by atoms with Crippen molar-refractivity contribution in [2.45, 2.75) is 32.6 Å². The van der Waals surface area contributed by atoms with Gasteiger partial charge in [-0.15, -0.1) is 0 Å². The third-order valence-corrected chi connectivity index (χ3v) is 2.93. The quantitative estimate of drug-likeness (QED) is 0.859. The molecule has 4 nitrogen and oxygen atoms in total. The number of ether oxygens (including phenoxy) is 1. The largest absolute Gasteiger partial charge is 0.372 e. The molecule has 0 saturated carbocycles. The fourth-order valence-electron chi connectivity index (χ4n) is 2.28. The minimum atomic E-state index is 0.275. The van der Waals surface area contributed by atoms with E-state index in [0.29, 0.717) is 0 Å². The number of nitrogens with one attached hydrogen (secondary N) is 1. The lowest BCUT2D eigenvalue weighted by atomic mass is 10.2. The lowest BCUT2D eigenvalue weighted by molar-refractivity contribution is -0.00545. The molecule has 94 valence electrons. The maximum atomic E-state index is 5.72. The molecular formula is C13H21N3O. The molecular weight excluding hydrogens is 214 g/mol. The summed E-state index contributed by atoms with van der Waals surface area (Å²) in [5, 5.41) is 3.12. The molecule has 17 heavy (non-hydrogen) atoms. The van der Waals surface area contributed by atoms with Gasteiger partial charge in [-0.3, -0.25) is 0 Å². The Labute approximate surface area is 103 Å². The van der Waals surface area contributed by atoms with Gasteiger partial charge in [0.05, 0.1) is 12.2 Å². The third-order valence-electron chi connectivity index (χ3n) is 2.93. The van der Waals surface area contributed by atoms with E-state index in [1.807, 2.05) is 13.2 Å². The molecule has 1 aliphatic rings. The van der Waals surface area contributed by atoms with Crippen molar-refractivity contribution in [2.75, 3.05) is 25.0 Å². The van der Waals surface area contributed by atoms with Gasteiger partial charge in [-0.25, -0.2) is 4.98 Å². The summed E-state index contributed by atoms with van der Waals surface area (Å²) < 4.78 is 5.72. The summed E-state index contributed by atoms with van der Waals surface area (Å²) in [5.74, 6) is 1.05. The molecule has 1 N–H and O–H groups in total. The van der Waals surface area contributed by atoms with Crippen molar-refractivity contribution in [3.05, 3.63) is 23.9 Å². The number of rotatable bonds is 3. The van der Waals surface area contributed by atoms with Crippen LogP contribution in [0.1, 0.15) is 19.4 Å². The average molecular weight is 235 g/mol. The van der Waals surface area contributed by atoms with Crippen LogP contribution < -0.4 is 10.2 Å². The Morgan fingerprint density at radius 1 is 1.35 bits per heavy atom. The summed E-state index contributed by atoms with van der Waals surface area (Å²) in [6, 6.07) is 4.22. The molecule has 1 aliphatic heterocycles. The molecule has 1 aromatic heterocycles. The van der Waals surface area contributed by atoms with E-state index in [-0.39, 0.29) is 12.2 Å². The van der Waals surface area contributed by atoms with Crippen LogP contribution in [0.25, 0.3) is 0 Å². The van der Waals surface area contributed by atoms with Crippen LogP contribution in [0.15, 0.2) is 18.3 Å². The highest BCUT2D eigenvalue weighted by atomic mass is 16.5. The number of nitrogens with zero attached hydrogens (tertiary/aromatic N) is 2. The van der Waals surface area contributed by atoms with Crippen LogP contribution in [0.5, 0.6) is 0 Å². The minimum Gasteiger partial charge on any atom is -0.372 e. The molecule has 2 atom stereocenters. The van der Waals surface area contributed by atoms with Gasteiger partial charge in [0, 0.05) is 25.8 Å². The van der Waals surface area contributed by atoms with Gasteiger partial charge >= 0.3 is 0 Å². The molecule has 1 aromatic rings. The molecule has 0 aliphatic carbocycles. The summed E-state index contributed by atoms with van der Waals surface area (Å²) >= 11 is 0. The van der Waals surface area contributed by atoms with Gasteiger partial charge in [-0.05, 0) is 32.5 Å². The standard InChI is InChI=1S/C13H21N3O/c1-10-8-16(9-11(2)17-10)13-5-4-12(6-14-3)7-15-13/h4-5,7,10-11,14H,6,8-9H2,1-3H3. The average Bonchev–Trinajstić information content (AvgIpc) is 2.29. The first-order valence-corrected chi connectivity index (χ1v) is 6.19. The summed E-state index contributed by atoms with van der Waals surface area (Å²) in [6.07, 6.45) is 2.49. The van der Waals surface area contributed by atoms with E-state index < -0.39 is 0 Å². The lowest BCUT2D eigenvalue weighted by Crippen LogP contribution is -2.45. The Hall–Kier alpha value is -1.13. The van der Waals surface area contributed by atoms with Crippen LogP contribution in [0.4, 0.5) is 5.82 Å². The van der Waals surface area contributed by atoms with Gasteiger partial charge in [0.1, 0.15) is 5.82 Å². The van der Waals surface area contributed by atoms with Gasteiger partial charge in [-0.2, -0.15) is 0 Å². The normalized spacial score (nSPS) is 25.0. The Bertz CT molecular complexity index is 342. The smallest absolute Gasteiger partial charge is 0.128 e. The van der Waals surface area contributed by atoms with Crippen molar-refractivity contribution in [3.63, 3.8) is 0 Å². The highest BCUT2D eigenvalue weighted by molar-refractivity contribution is 5.40. The molecule has 1 fully saturated rings. The van der Waals surface area contributed by atoms with Crippen LogP contribution in [-0.4, -0.2) is 37.3 Å². The molecule has 1 saturated heterocycles. The van der Waals surface area contributed by atoms with E-state index in [0.717, 1.165) is 25.5 Å². The second kappa shape index (κ2) is 5.47. The zero-order valence-electron chi connectivity index (χ0n) is 10.8. The monoisotopic (exact) mass is 235 g/mol. The Morgan fingerprint density at radius 3 is 2.59 bits per heavy atom. The van der Waals surface area contributed by atoms with Crippen molar-refractivity contribution in [1.29, 1.82) is 0 Å². The maximum absolute atomic E-state index is 5.72. The number of anilines is 1. The number of hydrogen-bond donors (Lipinski definition) is 1. The predicted molar refractivity (Wildman–Crippen MR) is 69.2 cm³/mol. The zero-order chi connectivity index (χ0) is 12.3. The predicted octanol–water partition coefficient (Wildman–Crippen LogP) is 1.41. The van der Waals surface area contributed by atoms with Crippen molar-refractivity contribution in [1.82, 2.24) is 10.3 Å².